The number of hydrogen-bond acceptors (Lipinski definition) is 3. The molecule has 96 valence electrons. The highest BCUT2D eigenvalue weighted by molar-refractivity contribution is 6.32. The molecule has 0 amide bonds. The van der Waals surface area contributed by atoms with E-state index < -0.39 is 0 Å². The van der Waals surface area contributed by atoms with Crippen LogP contribution in [0.4, 0.5) is 0 Å². The van der Waals surface area contributed by atoms with Crippen LogP contribution in [-0.4, -0.2) is 37.4 Å². The first-order valence-corrected chi connectivity index (χ1v) is 6.01. The molecule has 0 bridgehead atoms. The van der Waals surface area contributed by atoms with Crippen LogP contribution in [0.2, 0.25) is 5.02 Å². The van der Waals surface area contributed by atoms with Gasteiger partial charge in [0.05, 0.1) is 13.8 Å². The molecule has 4 heteroatoms. The van der Waals surface area contributed by atoms with Crippen molar-refractivity contribution >= 4 is 11.6 Å². The molecule has 0 saturated carbocycles. The third-order valence-corrected chi connectivity index (χ3v) is 3.56. The first kappa shape index (κ1) is 14.3. The molecule has 0 radical (unpaired) electrons. The number of aliphatic hydroxyl groups is 1. The summed E-state index contributed by atoms with van der Waals surface area (Å²) in [5.74, 6) is 0.871. The lowest BCUT2D eigenvalue weighted by atomic mass is 10.0. The highest BCUT2D eigenvalue weighted by atomic mass is 35.5. The zero-order valence-corrected chi connectivity index (χ0v) is 11.6. The Morgan fingerprint density at radius 3 is 2.59 bits per heavy atom. The van der Waals surface area contributed by atoms with E-state index in [4.69, 9.17) is 21.4 Å². The molecular weight excluding hydrogens is 238 g/mol. The summed E-state index contributed by atoms with van der Waals surface area (Å²) < 4.78 is 5.39. The normalized spacial score (nSPS) is 11.0. The summed E-state index contributed by atoms with van der Waals surface area (Å²) in [4.78, 5) is 1.84. The topological polar surface area (TPSA) is 32.7 Å². The second-order valence-corrected chi connectivity index (χ2v) is 4.66. The van der Waals surface area contributed by atoms with Crippen LogP contribution in [0.15, 0.2) is 6.07 Å². The van der Waals surface area contributed by atoms with Crippen molar-refractivity contribution in [2.45, 2.75) is 20.3 Å². The van der Waals surface area contributed by atoms with Crippen molar-refractivity contribution in [2.75, 3.05) is 27.4 Å². The van der Waals surface area contributed by atoms with Crippen molar-refractivity contribution in [3.63, 3.8) is 0 Å². The predicted octanol–water partition coefficient (Wildman–Crippen LogP) is 2.39. The number of rotatable bonds is 5. The van der Waals surface area contributed by atoms with Crippen LogP contribution in [0.1, 0.15) is 16.7 Å². The van der Waals surface area contributed by atoms with Gasteiger partial charge in [-0.25, -0.2) is 0 Å². The van der Waals surface area contributed by atoms with Crippen LogP contribution in [-0.2, 0) is 6.42 Å². The largest absolute Gasteiger partial charge is 0.496 e. The molecule has 1 N–H and O–H groups in total. The number of ether oxygens (including phenoxy) is 1. The number of aryl methyl sites for hydroxylation is 1. The Balaban J connectivity index is 3.00. The highest BCUT2D eigenvalue weighted by Crippen LogP contribution is 2.31. The Hall–Kier alpha value is -0.770. The van der Waals surface area contributed by atoms with Crippen LogP contribution >= 0.6 is 11.6 Å². The van der Waals surface area contributed by atoms with Crippen LogP contribution < -0.4 is 4.74 Å². The SMILES string of the molecule is COc1cc(C)c(Cl)c(C)c1CCN(C)CO. The number of halogens is 1. The number of benzene rings is 1. The molecule has 0 spiro atoms. The molecule has 3 nitrogen and oxygen atoms in total. The van der Waals surface area contributed by atoms with E-state index in [9.17, 15) is 0 Å². The number of nitrogens with zero attached hydrogens (tertiary/aromatic N) is 1. The highest BCUT2D eigenvalue weighted by Gasteiger charge is 2.12. The Morgan fingerprint density at radius 2 is 2.06 bits per heavy atom. The number of likely N-dealkylation sites (N-methyl/N-ethyl adjacent to an activating group) is 1. The van der Waals surface area contributed by atoms with Crippen LogP contribution in [0.3, 0.4) is 0 Å². The van der Waals surface area contributed by atoms with Gasteiger partial charge in [0.1, 0.15) is 5.75 Å². The second-order valence-electron chi connectivity index (χ2n) is 4.28. The second kappa shape index (κ2) is 6.24. The maximum Gasteiger partial charge on any atom is 0.122 e. The molecule has 0 fully saturated rings. The minimum absolute atomic E-state index is 0.0565. The molecule has 0 aliphatic heterocycles. The van der Waals surface area contributed by atoms with Crippen LogP contribution in [0.5, 0.6) is 5.75 Å². The van der Waals surface area contributed by atoms with Crippen molar-refractivity contribution < 1.29 is 9.84 Å². The van der Waals surface area contributed by atoms with E-state index in [0.29, 0.717) is 0 Å². The number of aliphatic hydroxyl groups excluding tert-OH is 1. The average Bonchev–Trinajstić information content (AvgIpc) is 2.33. The molecule has 0 atom stereocenters. The Morgan fingerprint density at radius 1 is 1.41 bits per heavy atom. The van der Waals surface area contributed by atoms with E-state index in [2.05, 4.69) is 0 Å². The minimum atomic E-state index is 0.0565. The zero-order chi connectivity index (χ0) is 13.0. The summed E-state index contributed by atoms with van der Waals surface area (Å²) in [5.41, 5.74) is 3.21. The Bertz CT molecular complexity index is 393. The van der Waals surface area contributed by atoms with E-state index in [0.717, 1.165) is 40.4 Å². The first-order valence-electron chi connectivity index (χ1n) is 5.63. The molecule has 0 saturated heterocycles. The lowest BCUT2D eigenvalue weighted by molar-refractivity contribution is 0.134. The van der Waals surface area contributed by atoms with Crippen molar-refractivity contribution in [1.29, 1.82) is 0 Å². The lowest BCUT2D eigenvalue weighted by Gasteiger charge is -2.18. The van der Waals surface area contributed by atoms with E-state index in [1.807, 2.05) is 31.9 Å². The van der Waals surface area contributed by atoms with E-state index in [1.54, 1.807) is 7.11 Å². The summed E-state index contributed by atoms with van der Waals surface area (Å²) in [6, 6.07) is 1.96. The molecule has 0 heterocycles. The molecule has 0 aliphatic carbocycles. The smallest absolute Gasteiger partial charge is 0.122 e. The first-order chi connectivity index (χ1) is 8.01. The van der Waals surface area contributed by atoms with Gasteiger partial charge in [-0.15, -0.1) is 0 Å². The number of methoxy groups -OCH3 is 1. The van der Waals surface area contributed by atoms with Crippen molar-refractivity contribution in [3.8, 4) is 5.75 Å². The van der Waals surface area contributed by atoms with Gasteiger partial charge in [-0.05, 0) is 50.1 Å². The third kappa shape index (κ3) is 3.35. The van der Waals surface area contributed by atoms with Crippen molar-refractivity contribution in [2.24, 2.45) is 0 Å². The van der Waals surface area contributed by atoms with Crippen molar-refractivity contribution in [1.82, 2.24) is 4.90 Å². The fourth-order valence-corrected chi connectivity index (χ4v) is 1.99. The number of hydrogen-bond donors (Lipinski definition) is 1. The monoisotopic (exact) mass is 257 g/mol. The van der Waals surface area contributed by atoms with Crippen LogP contribution in [0.25, 0.3) is 0 Å². The van der Waals surface area contributed by atoms with Gasteiger partial charge in [0.15, 0.2) is 0 Å². The Kier molecular flexibility index (Phi) is 5.25. The van der Waals surface area contributed by atoms with Gasteiger partial charge < -0.3 is 9.84 Å². The molecule has 0 aromatic heterocycles. The Labute approximate surface area is 108 Å². The summed E-state index contributed by atoms with van der Waals surface area (Å²) in [7, 11) is 3.54. The maximum absolute atomic E-state index is 8.98. The zero-order valence-electron chi connectivity index (χ0n) is 10.9. The minimum Gasteiger partial charge on any atom is -0.496 e. The molecular formula is C13H20ClNO2. The standard InChI is InChI=1S/C13H20ClNO2/c1-9-7-12(17-4)11(10(2)13(9)14)5-6-15(3)8-16/h7,16H,5-6,8H2,1-4H3. The van der Waals surface area contributed by atoms with Gasteiger partial charge in [-0.3, -0.25) is 4.90 Å². The summed E-state index contributed by atoms with van der Waals surface area (Å²) in [6.45, 7) is 4.81. The van der Waals surface area contributed by atoms with Gasteiger partial charge >= 0.3 is 0 Å². The summed E-state index contributed by atoms with van der Waals surface area (Å²) in [5, 5.41) is 9.77. The predicted molar refractivity (Wildman–Crippen MR) is 70.9 cm³/mol. The maximum atomic E-state index is 8.98. The summed E-state index contributed by atoms with van der Waals surface area (Å²) >= 11 is 6.24. The van der Waals surface area contributed by atoms with Gasteiger partial charge in [-0.2, -0.15) is 0 Å². The van der Waals surface area contributed by atoms with Crippen molar-refractivity contribution in [3.05, 3.63) is 27.8 Å². The summed E-state index contributed by atoms with van der Waals surface area (Å²) in [6.07, 6.45) is 0.812. The van der Waals surface area contributed by atoms with Crippen LogP contribution in [0, 0.1) is 13.8 Å². The van der Waals surface area contributed by atoms with E-state index in [1.165, 1.54) is 0 Å². The molecule has 1 aromatic rings. The molecule has 1 rings (SSSR count). The molecule has 0 aliphatic rings. The van der Waals surface area contributed by atoms with Gasteiger partial charge in [0.25, 0.3) is 0 Å². The molecule has 17 heavy (non-hydrogen) atoms. The quantitative estimate of drug-likeness (QED) is 0.823. The van der Waals surface area contributed by atoms with Gasteiger partial charge in [0.2, 0.25) is 0 Å². The lowest BCUT2D eigenvalue weighted by Crippen LogP contribution is -2.22. The van der Waals surface area contributed by atoms with E-state index in [-0.39, 0.29) is 6.73 Å². The average molecular weight is 258 g/mol. The van der Waals surface area contributed by atoms with Gasteiger partial charge in [-0.1, -0.05) is 11.6 Å². The molecule has 0 unspecified atom stereocenters. The van der Waals surface area contributed by atoms with Gasteiger partial charge in [0, 0.05) is 11.6 Å². The fourth-order valence-electron chi connectivity index (χ4n) is 1.83. The third-order valence-electron chi connectivity index (χ3n) is 2.98. The van der Waals surface area contributed by atoms with E-state index >= 15 is 0 Å². The fraction of sp³-hybridized carbons (Fsp3) is 0.538. The molecule has 1 aromatic carbocycles.